The Bertz CT molecular complexity index is 984. The topological polar surface area (TPSA) is 81.2 Å². The molecule has 26 heavy (non-hydrogen) atoms. The molecule has 0 aliphatic rings. The molecule has 3 rings (SSSR count). The third-order valence-electron chi connectivity index (χ3n) is 3.96. The molecular weight excluding hydrogens is 350 g/mol. The van der Waals surface area contributed by atoms with Crippen molar-refractivity contribution in [1.82, 2.24) is 14.8 Å². The second kappa shape index (κ2) is 7.21. The van der Waals surface area contributed by atoms with Gasteiger partial charge in [0, 0.05) is 24.0 Å². The molecule has 134 valence electrons. The second-order valence-corrected chi connectivity index (χ2v) is 6.99. The molecule has 0 bridgehead atoms. The number of benzene rings is 1. The minimum absolute atomic E-state index is 0.123. The Morgan fingerprint density at radius 1 is 1.15 bits per heavy atom. The normalized spacial score (nSPS) is 11.8. The van der Waals surface area contributed by atoms with E-state index in [-0.39, 0.29) is 10.1 Å². The number of aliphatic carboxylic acids is 1. The van der Waals surface area contributed by atoms with Crippen molar-refractivity contribution in [3.63, 3.8) is 0 Å². The summed E-state index contributed by atoms with van der Waals surface area (Å²) in [6.07, 6.45) is 1.64. The van der Waals surface area contributed by atoms with E-state index < -0.39 is 5.97 Å². The Hall–Kier alpha value is -2.80. The van der Waals surface area contributed by atoms with Crippen LogP contribution in [-0.2, 0) is 4.79 Å². The summed E-state index contributed by atoms with van der Waals surface area (Å²) >= 11 is 0.946. The van der Waals surface area contributed by atoms with E-state index in [1.165, 1.54) is 5.56 Å². The van der Waals surface area contributed by atoms with Crippen LogP contribution >= 0.6 is 11.8 Å². The van der Waals surface area contributed by atoms with E-state index >= 15 is 0 Å². The minimum Gasteiger partial charge on any atom is -0.477 e. The molecule has 3 aromatic rings. The van der Waals surface area contributed by atoms with Crippen molar-refractivity contribution in [2.75, 3.05) is 0 Å². The number of hydrogen-bond donors (Lipinski definition) is 1. The van der Waals surface area contributed by atoms with E-state index in [0.717, 1.165) is 34.4 Å². The summed E-state index contributed by atoms with van der Waals surface area (Å²) in [7, 11) is 0. The highest BCUT2D eigenvalue weighted by Crippen LogP contribution is 2.30. The molecular formula is C19H19N3O3S. The molecule has 0 fully saturated rings. The maximum Gasteiger partial charge on any atom is 0.342 e. The van der Waals surface area contributed by atoms with E-state index in [1.807, 2.05) is 26.8 Å². The average molecular weight is 369 g/mol. The molecule has 7 heteroatoms. The number of thioether (sulfide) groups is 1. The van der Waals surface area contributed by atoms with Crippen LogP contribution < -0.4 is 0 Å². The summed E-state index contributed by atoms with van der Waals surface area (Å²) in [5, 5.41) is 17.3. The van der Waals surface area contributed by atoms with E-state index in [9.17, 15) is 9.90 Å². The van der Waals surface area contributed by atoms with Crippen LogP contribution in [0, 0.1) is 27.7 Å². The zero-order valence-electron chi connectivity index (χ0n) is 15.0. The number of rotatable bonds is 5. The number of carbonyl (C=O) groups is 1. The second-order valence-electron chi connectivity index (χ2n) is 6.00. The molecule has 0 atom stereocenters. The number of aryl methyl sites for hydroxylation is 3. The molecule has 0 radical (unpaired) electrons. The van der Waals surface area contributed by atoms with E-state index in [1.54, 1.807) is 13.0 Å². The highest BCUT2D eigenvalue weighted by Gasteiger charge is 2.17. The van der Waals surface area contributed by atoms with Crippen molar-refractivity contribution < 1.29 is 14.3 Å². The van der Waals surface area contributed by atoms with Gasteiger partial charge >= 0.3 is 5.97 Å². The van der Waals surface area contributed by atoms with Crippen LogP contribution in [0.3, 0.4) is 0 Å². The number of hydrogen-bond acceptors (Lipinski definition) is 5. The van der Waals surface area contributed by atoms with Gasteiger partial charge in [0.05, 0.1) is 0 Å². The molecule has 0 unspecified atom stereocenters. The Labute approximate surface area is 155 Å². The van der Waals surface area contributed by atoms with Crippen molar-refractivity contribution in [1.29, 1.82) is 0 Å². The largest absolute Gasteiger partial charge is 0.477 e. The van der Waals surface area contributed by atoms with Crippen molar-refractivity contribution in [2.24, 2.45) is 0 Å². The molecule has 6 nitrogen and oxygen atoms in total. The monoisotopic (exact) mass is 369 g/mol. The molecule has 0 aliphatic heterocycles. The first-order valence-electron chi connectivity index (χ1n) is 8.04. The number of nitrogens with zero attached hydrogens (tertiary/aromatic N) is 3. The van der Waals surface area contributed by atoms with Crippen molar-refractivity contribution in [2.45, 2.75) is 32.9 Å². The van der Waals surface area contributed by atoms with Gasteiger partial charge in [-0.05, 0) is 62.4 Å². The van der Waals surface area contributed by atoms with Gasteiger partial charge in [0.15, 0.2) is 0 Å². The molecule has 1 aromatic carbocycles. The minimum atomic E-state index is -1.04. The van der Waals surface area contributed by atoms with E-state index in [0.29, 0.717) is 5.89 Å². The molecule has 1 N–H and O–H groups in total. The van der Waals surface area contributed by atoms with Crippen molar-refractivity contribution in [3.8, 4) is 5.69 Å². The molecule has 0 saturated carbocycles. The van der Waals surface area contributed by atoms with Gasteiger partial charge < -0.3 is 14.1 Å². The van der Waals surface area contributed by atoms with Gasteiger partial charge in [-0.15, -0.1) is 10.2 Å². The maximum absolute atomic E-state index is 11.6. The third-order valence-corrected chi connectivity index (χ3v) is 4.82. The first-order valence-corrected chi connectivity index (χ1v) is 8.85. The van der Waals surface area contributed by atoms with E-state index in [2.05, 4.69) is 39.0 Å². The Kier molecular flexibility index (Phi) is 4.99. The van der Waals surface area contributed by atoms with Crippen molar-refractivity contribution in [3.05, 3.63) is 63.6 Å². The number of aromatic nitrogens is 3. The quantitative estimate of drug-likeness (QED) is 0.533. The van der Waals surface area contributed by atoms with Crippen LogP contribution in [0.1, 0.15) is 28.4 Å². The fourth-order valence-corrected chi connectivity index (χ4v) is 3.42. The molecule has 0 saturated heterocycles. The van der Waals surface area contributed by atoms with Crippen molar-refractivity contribution >= 4 is 23.8 Å². The lowest BCUT2D eigenvalue weighted by molar-refractivity contribution is -0.131. The SMILES string of the molecule is Cc1ccc(-n2c(C)cc(/C=C(\Sc3nnc(C)o3)C(=O)O)c2C)cc1. The zero-order chi connectivity index (χ0) is 18.8. The highest BCUT2D eigenvalue weighted by atomic mass is 32.2. The fourth-order valence-electron chi connectivity index (χ4n) is 2.71. The standard InChI is InChI=1S/C19H19N3O3S/c1-11-5-7-16(8-6-11)22-12(2)9-15(13(22)3)10-17(18(23)24)26-19-21-20-14(4)25-19/h5-10H,1-4H3,(H,23,24)/b17-10-. The highest BCUT2D eigenvalue weighted by molar-refractivity contribution is 8.03. The molecule has 2 aromatic heterocycles. The summed E-state index contributed by atoms with van der Waals surface area (Å²) in [5.74, 6) is -0.638. The van der Waals surface area contributed by atoms with Crippen LogP contribution in [0.5, 0.6) is 0 Å². The molecule has 0 aliphatic carbocycles. The fraction of sp³-hybridized carbons (Fsp3) is 0.211. The Balaban J connectivity index is 1.99. The first kappa shape index (κ1) is 18.0. The Morgan fingerprint density at radius 3 is 2.42 bits per heavy atom. The van der Waals surface area contributed by atoms with E-state index in [4.69, 9.17) is 4.42 Å². The number of carboxylic acids is 1. The summed E-state index contributed by atoms with van der Waals surface area (Å²) in [6, 6.07) is 10.2. The summed E-state index contributed by atoms with van der Waals surface area (Å²) in [4.78, 5) is 11.8. The summed E-state index contributed by atoms with van der Waals surface area (Å²) in [6.45, 7) is 7.68. The average Bonchev–Trinajstić information content (AvgIpc) is 3.11. The predicted octanol–water partition coefficient (Wildman–Crippen LogP) is 4.31. The smallest absolute Gasteiger partial charge is 0.342 e. The van der Waals surface area contributed by atoms with Gasteiger partial charge in [-0.1, -0.05) is 17.7 Å². The van der Waals surface area contributed by atoms with Gasteiger partial charge in [0.1, 0.15) is 4.91 Å². The van der Waals surface area contributed by atoms with Gasteiger partial charge in [0.2, 0.25) is 5.89 Å². The van der Waals surface area contributed by atoms with Crippen LogP contribution in [0.15, 0.2) is 44.9 Å². The lowest BCUT2D eigenvalue weighted by atomic mass is 10.2. The lowest BCUT2D eigenvalue weighted by Crippen LogP contribution is -2.00. The van der Waals surface area contributed by atoms with Crippen LogP contribution in [0.2, 0.25) is 0 Å². The van der Waals surface area contributed by atoms with Gasteiger partial charge in [-0.2, -0.15) is 0 Å². The molecule has 0 spiro atoms. The number of carboxylic acid groups (broad SMARTS) is 1. The van der Waals surface area contributed by atoms with Gasteiger partial charge in [0.25, 0.3) is 5.22 Å². The van der Waals surface area contributed by atoms with Crippen LogP contribution in [0.4, 0.5) is 0 Å². The first-order chi connectivity index (χ1) is 12.3. The summed E-state index contributed by atoms with van der Waals surface area (Å²) < 4.78 is 7.38. The van der Waals surface area contributed by atoms with Crippen LogP contribution in [-0.4, -0.2) is 25.8 Å². The van der Waals surface area contributed by atoms with Crippen LogP contribution in [0.25, 0.3) is 11.8 Å². The third kappa shape index (κ3) is 3.72. The lowest BCUT2D eigenvalue weighted by Gasteiger charge is -2.10. The Morgan fingerprint density at radius 2 is 1.85 bits per heavy atom. The zero-order valence-corrected chi connectivity index (χ0v) is 15.8. The summed E-state index contributed by atoms with van der Waals surface area (Å²) in [5.41, 5.74) is 5.07. The predicted molar refractivity (Wildman–Crippen MR) is 100 cm³/mol. The van der Waals surface area contributed by atoms with Gasteiger partial charge in [-0.3, -0.25) is 0 Å². The molecule has 2 heterocycles. The molecule has 0 amide bonds. The van der Waals surface area contributed by atoms with Gasteiger partial charge in [-0.25, -0.2) is 4.79 Å². The maximum atomic E-state index is 11.6.